The van der Waals surface area contributed by atoms with Crippen molar-refractivity contribution in [2.75, 3.05) is 0 Å². The van der Waals surface area contributed by atoms with E-state index in [0.29, 0.717) is 0 Å². The van der Waals surface area contributed by atoms with Crippen molar-refractivity contribution in [1.82, 2.24) is 15.1 Å². The van der Waals surface area contributed by atoms with Gasteiger partial charge in [-0.2, -0.15) is 5.10 Å². The first-order chi connectivity index (χ1) is 10.1. The van der Waals surface area contributed by atoms with Crippen molar-refractivity contribution in [3.05, 3.63) is 46.3 Å². The second-order valence-electron chi connectivity index (χ2n) is 6.20. The summed E-state index contributed by atoms with van der Waals surface area (Å²) in [5.41, 5.74) is 7.66. The molecule has 1 aliphatic carbocycles. The predicted octanol–water partition coefficient (Wildman–Crippen LogP) is 3.61. The summed E-state index contributed by atoms with van der Waals surface area (Å²) in [7, 11) is 0. The Balaban J connectivity index is 2.00. The maximum Gasteiger partial charge on any atom is 0.0694 e. The smallest absolute Gasteiger partial charge is 0.0694 e. The number of benzene rings is 1. The first-order valence-electron chi connectivity index (χ1n) is 7.98. The van der Waals surface area contributed by atoms with Crippen LogP contribution in [0.5, 0.6) is 0 Å². The number of hydrogen-bond acceptors (Lipinski definition) is 2. The van der Waals surface area contributed by atoms with Crippen molar-refractivity contribution < 1.29 is 0 Å². The van der Waals surface area contributed by atoms with Crippen molar-refractivity contribution in [3.8, 4) is 5.69 Å². The van der Waals surface area contributed by atoms with Crippen LogP contribution in [0.15, 0.2) is 18.2 Å². The maximum absolute atomic E-state index is 4.77. The highest BCUT2D eigenvalue weighted by Gasteiger charge is 2.21. The lowest BCUT2D eigenvalue weighted by Crippen LogP contribution is -2.17. The highest BCUT2D eigenvalue weighted by atomic mass is 15.3. The zero-order chi connectivity index (χ0) is 15.0. The van der Waals surface area contributed by atoms with Gasteiger partial charge in [0.1, 0.15) is 0 Å². The van der Waals surface area contributed by atoms with E-state index in [0.717, 1.165) is 24.7 Å². The molecule has 1 aromatic carbocycles. The van der Waals surface area contributed by atoms with Gasteiger partial charge in [-0.15, -0.1) is 0 Å². The number of hydrogen-bond donors (Lipinski definition) is 1. The minimum Gasteiger partial charge on any atom is -0.310 e. The Morgan fingerprint density at radius 2 is 2.00 bits per heavy atom. The molecule has 0 aliphatic heterocycles. The van der Waals surface area contributed by atoms with Crippen molar-refractivity contribution in [3.63, 3.8) is 0 Å². The monoisotopic (exact) mass is 283 g/mol. The molecule has 1 aliphatic rings. The van der Waals surface area contributed by atoms with Crippen LogP contribution < -0.4 is 5.32 Å². The molecule has 0 radical (unpaired) electrons. The van der Waals surface area contributed by atoms with Crippen LogP contribution >= 0.6 is 0 Å². The zero-order valence-corrected chi connectivity index (χ0v) is 13.5. The van der Waals surface area contributed by atoms with Gasteiger partial charge in [0.2, 0.25) is 0 Å². The lowest BCUT2D eigenvalue weighted by Gasteiger charge is -2.13. The van der Waals surface area contributed by atoms with Gasteiger partial charge in [-0.25, -0.2) is 4.68 Å². The van der Waals surface area contributed by atoms with Crippen LogP contribution in [0.1, 0.15) is 47.8 Å². The van der Waals surface area contributed by atoms with E-state index in [9.17, 15) is 0 Å². The number of rotatable bonds is 5. The Hall–Kier alpha value is -1.61. The lowest BCUT2D eigenvalue weighted by atomic mass is 10.1. The maximum atomic E-state index is 4.77. The van der Waals surface area contributed by atoms with Gasteiger partial charge in [-0.3, -0.25) is 0 Å². The third-order valence-corrected chi connectivity index (χ3v) is 4.42. The van der Waals surface area contributed by atoms with E-state index in [1.165, 1.54) is 40.9 Å². The summed E-state index contributed by atoms with van der Waals surface area (Å²) in [6, 6.07) is 7.40. The van der Waals surface area contributed by atoms with Gasteiger partial charge in [0.05, 0.1) is 11.4 Å². The largest absolute Gasteiger partial charge is 0.310 e. The molecule has 1 fully saturated rings. The molecular formula is C18H25N3. The van der Waals surface area contributed by atoms with E-state index in [4.69, 9.17) is 5.10 Å². The second-order valence-corrected chi connectivity index (χ2v) is 6.20. The summed E-state index contributed by atoms with van der Waals surface area (Å²) >= 11 is 0. The SMILES string of the molecule is CCc1c(C)nn(-c2ccc(C)cc2CNC2CC2)c1C. The standard InChI is InChI=1S/C18H25N3/c1-5-17-13(3)20-21(14(17)4)18-9-6-12(2)10-15(18)11-19-16-7-8-16/h6,9-10,16,19H,5,7-8,11H2,1-4H3. The summed E-state index contributed by atoms with van der Waals surface area (Å²) in [6.45, 7) is 9.58. The molecule has 3 rings (SSSR count). The molecule has 3 heteroatoms. The molecule has 1 aromatic heterocycles. The van der Waals surface area contributed by atoms with Crippen LogP contribution in [0.3, 0.4) is 0 Å². The van der Waals surface area contributed by atoms with Gasteiger partial charge in [0.25, 0.3) is 0 Å². The molecule has 1 heterocycles. The Labute approximate surface area is 127 Å². The van der Waals surface area contributed by atoms with Gasteiger partial charge < -0.3 is 5.32 Å². The fourth-order valence-corrected chi connectivity index (χ4v) is 3.03. The van der Waals surface area contributed by atoms with Crippen LogP contribution in [-0.2, 0) is 13.0 Å². The molecule has 2 aromatic rings. The molecule has 0 unspecified atom stereocenters. The van der Waals surface area contributed by atoms with Gasteiger partial charge >= 0.3 is 0 Å². The summed E-state index contributed by atoms with van der Waals surface area (Å²) in [5.74, 6) is 0. The van der Waals surface area contributed by atoms with Crippen molar-refractivity contribution in [2.24, 2.45) is 0 Å². The number of aromatic nitrogens is 2. The molecule has 21 heavy (non-hydrogen) atoms. The van der Waals surface area contributed by atoms with E-state index < -0.39 is 0 Å². The molecule has 3 nitrogen and oxygen atoms in total. The zero-order valence-electron chi connectivity index (χ0n) is 13.5. The Kier molecular flexibility index (Phi) is 3.85. The molecule has 0 bridgehead atoms. The molecule has 112 valence electrons. The van der Waals surface area contributed by atoms with Crippen LogP contribution in [0.2, 0.25) is 0 Å². The van der Waals surface area contributed by atoms with Crippen LogP contribution in [0.25, 0.3) is 5.69 Å². The Morgan fingerprint density at radius 1 is 1.24 bits per heavy atom. The van der Waals surface area contributed by atoms with E-state index >= 15 is 0 Å². The minimum absolute atomic E-state index is 0.727. The second kappa shape index (κ2) is 5.64. The minimum atomic E-state index is 0.727. The fraction of sp³-hybridized carbons (Fsp3) is 0.500. The fourth-order valence-electron chi connectivity index (χ4n) is 3.03. The summed E-state index contributed by atoms with van der Waals surface area (Å²) in [4.78, 5) is 0. The summed E-state index contributed by atoms with van der Waals surface area (Å²) in [5, 5.41) is 8.40. The van der Waals surface area contributed by atoms with E-state index in [-0.39, 0.29) is 0 Å². The van der Waals surface area contributed by atoms with E-state index in [1.807, 2.05) is 0 Å². The predicted molar refractivity (Wildman–Crippen MR) is 87.0 cm³/mol. The average Bonchev–Trinajstić information content (AvgIpc) is 3.23. The highest BCUT2D eigenvalue weighted by Crippen LogP contribution is 2.24. The molecule has 0 atom stereocenters. The third kappa shape index (κ3) is 2.88. The first-order valence-corrected chi connectivity index (χ1v) is 7.98. The molecule has 0 spiro atoms. The Morgan fingerprint density at radius 3 is 2.62 bits per heavy atom. The molecule has 0 saturated heterocycles. The highest BCUT2D eigenvalue weighted by molar-refractivity contribution is 5.45. The van der Waals surface area contributed by atoms with Crippen molar-refractivity contribution >= 4 is 0 Å². The molecule has 1 saturated carbocycles. The van der Waals surface area contributed by atoms with Crippen LogP contribution in [0, 0.1) is 20.8 Å². The number of nitrogens with one attached hydrogen (secondary N) is 1. The van der Waals surface area contributed by atoms with Gasteiger partial charge in [-0.05, 0) is 57.2 Å². The van der Waals surface area contributed by atoms with Crippen LogP contribution in [-0.4, -0.2) is 15.8 Å². The summed E-state index contributed by atoms with van der Waals surface area (Å²) < 4.78 is 2.12. The van der Waals surface area contributed by atoms with E-state index in [2.05, 4.69) is 55.9 Å². The summed E-state index contributed by atoms with van der Waals surface area (Å²) in [6.07, 6.45) is 3.68. The average molecular weight is 283 g/mol. The normalized spacial score (nSPS) is 14.7. The molecule has 0 amide bonds. The molecular weight excluding hydrogens is 258 g/mol. The third-order valence-electron chi connectivity index (χ3n) is 4.42. The van der Waals surface area contributed by atoms with Gasteiger partial charge in [0, 0.05) is 18.3 Å². The topological polar surface area (TPSA) is 29.9 Å². The number of aryl methyl sites for hydroxylation is 2. The molecule has 1 N–H and O–H groups in total. The first kappa shape index (κ1) is 14.3. The Bertz CT molecular complexity index is 651. The van der Waals surface area contributed by atoms with E-state index in [1.54, 1.807) is 0 Å². The van der Waals surface area contributed by atoms with Crippen molar-refractivity contribution in [1.29, 1.82) is 0 Å². The van der Waals surface area contributed by atoms with Crippen molar-refractivity contribution in [2.45, 2.75) is 59.5 Å². The number of nitrogens with zero attached hydrogens (tertiary/aromatic N) is 2. The van der Waals surface area contributed by atoms with Gasteiger partial charge in [0.15, 0.2) is 0 Å². The van der Waals surface area contributed by atoms with Gasteiger partial charge in [-0.1, -0.05) is 24.6 Å². The quantitative estimate of drug-likeness (QED) is 0.908. The lowest BCUT2D eigenvalue weighted by molar-refractivity contribution is 0.679. The van der Waals surface area contributed by atoms with Crippen LogP contribution in [0.4, 0.5) is 0 Å².